The number of carbonyl (C=O) groups excluding carboxylic acids is 3. The fourth-order valence-corrected chi connectivity index (χ4v) is 4.58. The van der Waals surface area contributed by atoms with Gasteiger partial charge in [-0.05, 0) is 26.2 Å². The quantitative estimate of drug-likeness (QED) is 0.700. The normalized spacial score (nSPS) is 17.4. The second-order valence-corrected chi connectivity index (χ2v) is 8.31. The second-order valence-electron chi connectivity index (χ2n) is 6.07. The van der Waals surface area contributed by atoms with Gasteiger partial charge in [0.05, 0.1) is 21.6 Å². The number of nitrogens with one attached hydrogen (secondary N) is 1. The van der Waals surface area contributed by atoms with E-state index in [1.807, 2.05) is 13.8 Å². The molecule has 138 valence electrons. The zero-order chi connectivity index (χ0) is 18.4. The SMILES string of the molecule is CCCC(=O)N1CCCC(C(=O)Nc2nc(C)c(SCC(N)=O)s2)C1. The molecule has 1 aromatic rings. The number of amides is 3. The van der Waals surface area contributed by atoms with Gasteiger partial charge in [-0.3, -0.25) is 14.4 Å². The van der Waals surface area contributed by atoms with Crippen molar-refractivity contribution in [3.8, 4) is 0 Å². The molecule has 0 bridgehead atoms. The Morgan fingerprint density at radius 3 is 2.88 bits per heavy atom. The maximum Gasteiger partial charge on any atom is 0.231 e. The Bertz CT molecular complexity index is 647. The predicted octanol–water partition coefficient (Wildman–Crippen LogP) is 2.01. The molecule has 0 spiro atoms. The van der Waals surface area contributed by atoms with Crippen LogP contribution in [0, 0.1) is 12.8 Å². The van der Waals surface area contributed by atoms with Crippen LogP contribution in [0.15, 0.2) is 4.21 Å². The second kappa shape index (κ2) is 9.19. The van der Waals surface area contributed by atoms with Gasteiger partial charge in [0.1, 0.15) is 0 Å². The fourth-order valence-electron chi connectivity index (χ4n) is 2.70. The molecule has 1 aromatic heterocycles. The minimum atomic E-state index is -0.387. The van der Waals surface area contributed by atoms with E-state index in [0.717, 1.165) is 35.7 Å². The first kappa shape index (κ1) is 19.7. The summed E-state index contributed by atoms with van der Waals surface area (Å²) in [6.07, 6.45) is 2.95. The topological polar surface area (TPSA) is 105 Å². The molecule has 3 amide bonds. The number of primary amides is 1. The number of aryl methyl sites for hydroxylation is 1. The number of piperidine rings is 1. The molecule has 1 aliphatic rings. The number of hydrogen-bond acceptors (Lipinski definition) is 6. The van der Waals surface area contributed by atoms with E-state index >= 15 is 0 Å². The number of anilines is 1. The van der Waals surface area contributed by atoms with Crippen molar-refractivity contribution in [3.05, 3.63) is 5.69 Å². The summed E-state index contributed by atoms with van der Waals surface area (Å²) in [4.78, 5) is 41.6. The van der Waals surface area contributed by atoms with Crippen LogP contribution in [-0.2, 0) is 14.4 Å². The first-order valence-corrected chi connectivity index (χ1v) is 10.2. The van der Waals surface area contributed by atoms with Gasteiger partial charge in [-0.2, -0.15) is 0 Å². The summed E-state index contributed by atoms with van der Waals surface area (Å²) in [6, 6.07) is 0. The lowest BCUT2D eigenvalue weighted by Gasteiger charge is -2.31. The van der Waals surface area contributed by atoms with Gasteiger partial charge in [-0.15, -0.1) is 11.8 Å². The van der Waals surface area contributed by atoms with Crippen molar-refractivity contribution in [2.45, 2.75) is 43.7 Å². The molecular formula is C16H24N4O3S2. The smallest absolute Gasteiger partial charge is 0.231 e. The van der Waals surface area contributed by atoms with Gasteiger partial charge in [0, 0.05) is 19.5 Å². The molecule has 1 fully saturated rings. The molecule has 1 aliphatic heterocycles. The monoisotopic (exact) mass is 384 g/mol. The van der Waals surface area contributed by atoms with E-state index in [9.17, 15) is 14.4 Å². The Hall–Kier alpha value is -1.61. The molecule has 1 saturated heterocycles. The maximum atomic E-state index is 12.5. The van der Waals surface area contributed by atoms with Gasteiger partial charge in [0.15, 0.2) is 5.13 Å². The average Bonchev–Trinajstić information content (AvgIpc) is 2.92. The molecular weight excluding hydrogens is 360 g/mol. The number of thioether (sulfide) groups is 1. The molecule has 0 saturated carbocycles. The van der Waals surface area contributed by atoms with E-state index in [1.165, 1.54) is 23.1 Å². The molecule has 1 unspecified atom stereocenters. The standard InChI is InChI=1S/C16H24N4O3S2/c1-3-5-13(22)20-7-4-6-11(8-20)14(23)19-16-18-10(2)15(25-16)24-9-12(17)21/h11H,3-9H2,1-2H3,(H2,17,21)(H,18,19,23). The van der Waals surface area contributed by atoms with E-state index in [2.05, 4.69) is 10.3 Å². The Morgan fingerprint density at radius 1 is 1.44 bits per heavy atom. The van der Waals surface area contributed by atoms with Crippen LogP contribution in [0.2, 0.25) is 0 Å². The van der Waals surface area contributed by atoms with E-state index in [4.69, 9.17) is 5.73 Å². The largest absolute Gasteiger partial charge is 0.369 e. The van der Waals surface area contributed by atoms with E-state index in [-0.39, 0.29) is 29.4 Å². The zero-order valence-electron chi connectivity index (χ0n) is 14.5. The lowest BCUT2D eigenvalue weighted by molar-refractivity contribution is -0.134. The van der Waals surface area contributed by atoms with Crippen molar-refractivity contribution in [1.29, 1.82) is 0 Å². The minimum absolute atomic E-state index is 0.103. The minimum Gasteiger partial charge on any atom is -0.369 e. The van der Waals surface area contributed by atoms with Gasteiger partial charge in [-0.1, -0.05) is 18.3 Å². The summed E-state index contributed by atoms with van der Waals surface area (Å²) in [5.74, 6) is -0.388. The number of nitrogens with zero attached hydrogens (tertiary/aromatic N) is 2. The summed E-state index contributed by atoms with van der Waals surface area (Å²) in [5, 5.41) is 3.37. The van der Waals surface area contributed by atoms with Gasteiger partial charge in [0.25, 0.3) is 0 Å². The van der Waals surface area contributed by atoms with Crippen LogP contribution in [0.25, 0.3) is 0 Å². The third-order valence-electron chi connectivity index (χ3n) is 3.94. The van der Waals surface area contributed by atoms with Crippen LogP contribution in [-0.4, -0.2) is 46.4 Å². The average molecular weight is 385 g/mol. The summed E-state index contributed by atoms with van der Waals surface area (Å²) < 4.78 is 0.873. The molecule has 2 rings (SSSR count). The molecule has 7 nitrogen and oxygen atoms in total. The van der Waals surface area contributed by atoms with Crippen LogP contribution < -0.4 is 11.1 Å². The highest BCUT2D eigenvalue weighted by Gasteiger charge is 2.28. The van der Waals surface area contributed by atoms with Gasteiger partial charge in [0.2, 0.25) is 17.7 Å². The van der Waals surface area contributed by atoms with Crippen molar-refractivity contribution in [3.63, 3.8) is 0 Å². The van der Waals surface area contributed by atoms with Gasteiger partial charge >= 0.3 is 0 Å². The summed E-state index contributed by atoms with van der Waals surface area (Å²) >= 11 is 2.67. The number of aromatic nitrogens is 1. The van der Waals surface area contributed by atoms with Crippen LogP contribution >= 0.6 is 23.1 Å². The molecule has 0 radical (unpaired) electrons. The zero-order valence-corrected chi connectivity index (χ0v) is 16.2. The van der Waals surface area contributed by atoms with Crippen molar-refractivity contribution in [1.82, 2.24) is 9.88 Å². The Kier molecular flexibility index (Phi) is 7.24. The summed E-state index contributed by atoms with van der Waals surface area (Å²) in [5.41, 5.74) is 5.93. The molecule has 1 atom stereocenters. The number of carbonyl (C=O) groups is 3. The molecule has 0 aliphatic carbocycles. The van der Waals surface area contributed by atoms with Gasteiger partial charge < -0.3 is 16.0 Å². The highest BCUT2D eigenvalue weighted by molar-refractivity contribution is 8.01. The molecule has 25 heavy (non-hydrogen) atoms. The lowest BCUT2D eigenvalue weighted by Crippen LogP contribution is -2.43. The Labute approximate surface area is 155 Å². The first-order chi connectivity index (χ1) is 11.9. The third-order valence-corrected chi connectivity index (χ3v) is 6.40. The van der Waals surface area contributed by atoms with Crippen molar-refractivity contribution in [2.75, 3.05) is 24.2 Å². The first-order valence-electron chi connectivity index (χ1n) is 8.37. The van der Waals surface area contributed by atoms with Crippen LogP contribution in [0.3, 0.4) is 0 Å². The summed E-state index contributed by atoms with van der Waals surface area (Å²) in [7, 11) is 0. The van der Waals surface area contributed by atoms with Crippen molar-refractivity contribution < 1.29 is 14.4 Å². The predicted molar refractivity (Wildman–Crippen MR) is 99.6 cm³/mol. The molecule has 0 aromatic carbocycles. The van der Waals surface area contributed by atoms with Crippen LogP contribution in [0.1, 0.15) is 38.3 Å². The number of rotatable bonds is 7. The van der Waals surface area contributed by atoms with Crippen LogP contribution in [0.5, 0.6) is 0 Å². The van der Waals surface area contributed by atoms with Crippen molar-refractivity contribution in [2.24, 2.45) is 11.7 Å². The van der Waals surface area contributed by atoms with Crippen LogP contribution in [0.4, 0.5) is 5.13 Å². The molecule has 3 N–H and O–H groups in total. The van der Waals surface area contributed by atoms with E-state index < -0.39 is 0 Å². The Morgan fingerprint density at radius 2 is 2.20 bits per heavy atom. The van der Waals surface area contributed by atoms with Crippen molar-refractivity contribution >= 4 is 46.0 Å². The number of nitrogens with two attached hydrogens (primary N) is 1. The molecule has 2 heterocycles. The third kappa shape index (κ3) is 5.71. The highest BCUT2D eigenvalue weighted by atomic mass is 32.2. The maximum absolute atomic E-state index is 12.5. The summed E-state index contributed by atoms with van der Waals surface area (Å²) in [6.45, 7) is 5.01. The van der Waals surface area contributed by atoms with E-state index in [1.54, 1.807) is 4.90 Å². The van der Waals surface area contributed by atoms with Gasteiger partial charge in [-0.25, -0.2) is 4.98 Å². The molecule has 9 heteroatoms. The number of hydrogen-bond donors (Lipinski definition) is 2. The Balaban J connectivity index is 1.94. The number of thiazole rings is 1. The van der Waals surface area contributed by atoms with E-state index in [0.29, 0.717) is 18.1 Å². The lowest BCUT2D eigenvalue weighted by atomic mass is 9.97. The highest BCUT2D eigenvalue weighted by Crippen LogP contribution is 2.32. The fraction of sp³-hybridized carbons (Fsp3) is 0.625. The number of likely N-dealkylation sites (tertiary alicyclic amines) is 1.